The maximum atomic E-state index is 12.4. The topological polar surface area (TPSA) is 115 Å². The number of nitrogens with two attached hydrogens (primary N) is 1. The van der Waals surface area contributed by atoms with Gasteiger partial charge in [-0.1, -0.05) is 72.4 Å². The lowest BCUT2D eigenvalue weighted by Crippen LogP contribution is -2.15. The van der Waals surface area contributed by atoms with Crippen LogP contribution in [0.3, 0.4) is 0 Å². The Morgan fingerprint density at radius 3 is 2.09 bits per heavy atom. The smallest absolute Gasteiger partial charge is 0.257 e. The van der Waals surface area contributed by atoms with Crippen LogP contribution >= 0.6 is 11.8 Å². The largest absolute Gasteiger partial charge is 0.431 e. The number of nitrogens with one attached hydrogen (secondary N) is 1. The SMILES string of the molecule is NS(=O)(=O)c1ccc(NC(=O)CSc2nc(-c3ccccc3)c(-c3ccccc3)o2)cc1. The first-order valence-electron chi connectivity index (χ1n) is 9.57. The molecular formula is C23H19N3O4S2. The number of rotatable bonds is 7. The standard InChI is InChI=1S/C23H19N3O4S2/c24-32(28,29)19-13-11-18(12-14-19)25-20(27)15-31-23-26-21(16-7-3-1-4-8-16)22(30-23)17-9-5-2-6-10-17/h1-14H,15H2,(H,25,27)(H2,24,28,29). The van der Waals surface area contributed by atoms with Crippen molar-refractivity contribution in [1.82, 2.24) is 4.98 Å². The van der Waals surface area contributed by atoms with Crippen molar-refractivity contribution in [1.29, 1.82) is 0 Å². The highest BCUT2D eigenvalue weighted by Gasteiger charge is 2.18. The molecule has 0 unspecified atom stereocenters. The molecule has 0 saturated carbocycles. The number of carbonyl (C=O) groups excluding carboxylic acids is 1. The molecule has 3 aromatic carbocycles. The van der Waals surface area contributed by atoms with Crippen molar-refractivity contribution in [3.8, 4) is 22.6 Å². The first-order valence-corrected chi connectivity index (χ1v) is 12.1. The predicted molar refractivity (Wildman–Crippen MR) is 125 cm³/mol. The fourth-order valence-electron chi connectivity index (χ4n) is 2.99. The molecule has 162 valence electrons. The third-order valence-electron chi connectivity index (χ3n) is 4.48. The second-order valence-electron chi connectivity index (χ2n) is 6.80. The Morgan fingerprint density at radius 1 is 0.906 bits per heavy atom. The lowest BCUT2D eigenvalue weighted by Gasteiger charge is -2.05. The summed E-state index contributed by atoms with van der Waals surface area (Å²) in [7, 11) is -3.78. The molecule has 3 N–H and O–H groups in total. The molecule has 0 aliphatic heterocycles. The van der Waals surface area contributed by atoms with Gasteiger partial charge in [-0.15, -0.1) is 0 Å². The fourth-order valence-corrected chi connectivity index (χ4v) is 4.13. The summed E-state index contributed by atoms with van der Waals surface area (Å²) < 4.78 is 28.7. The van der Waals surface area contributed by atoms with Crippen LogP contribution in [0.5, 0.6) is 0 Å². The lowest BCUT2D eigenvalue weighted by atomic mass is 10.1. The Balaban J connectivity index is 1.49. The maximum Gasteiger partial charge on any atom is 0.257 e. The monoisotopic (exact) mass is 465 g/mol. The molecule has 4 rings (SSSR count). The van der Waals surface area contributed by atoms with Crippen LogP contribution < -0.4 is 10.5 Å². The van der Waals surface area contributed by atoms with E-state index in [1.54, 1.807) is 0 Å². The number of hydrogen-bond acceptors (Lipinski definition) is 6. The zero-order valence-electron chi connectivity index (χ0n) is 16.8. The van der Waals surface area contributed by atoms with E-state index in [0.29, 0.717) is 22.4 Å². The molecule has 7 nitrogen and oxygen atoms in total. The van der Waals surface area contributed by atoms with Crippen molar-refractivity contribution in [3.05, 3.63) is 84.9 Å². The van der Waals surface area contributed by atoms with Gasteiger partial charge in [-0.2, -0.15) is 0 Å². The molecule has 0 saturated heterocycles. The van der Waals surface area contributed by atoms with Gasteiger partial charge in [0.2, 0.25) is 15.9 Å². The first-order chi connectivity index (χ1) is 15.4. The second kappa shape index (κ2) is 9.39. The maximum absolute atomic E-state index is 12.4. The predicted octanol–water partition coefficient (Wildman–Crippen LogP) is 4.39. The van der Waals surface area contributed by atoms with Crippen molar-refractivity contribution in [3.63, 3.8) is 0 Å². The molecule has 1 amide bonds. The van der Waals surface area contributed by atoms with Gasteiger partial charge < -0.3 is 9.73 Å². The van der Waals surface area contributed by atoms with Gasteiger partial charge in [0.1, 0.15) is 5.69 Å². The molecule has 0 aliphatic carbocycles. The summed E-state index contributed by atoms with van der Waals surface area (Å²) in [5, 5.41) is 8.17. The number of aromatic nitrogens is 1. The third kappa shape index (κ3) is 5.25. The number of oxazole rings is 1. The Labute approximate surface area is 189 Å². The number of benzene rings is 3. The molecule has 0 radical (unpaired) electrons. The van der Waals surface area contributed by atoms with Crippen molar-refractivity contribution in [2.75, 3.05) is 11.1 Å². The molecule has 1 heterocycles. The van der Waals surface area contributed by atoms with Gasteiger partial charge in [-0.05, 0) is 24.3 Å². The van der Waals surface area contributed by atoms with Crippen LogP contribution in [0.25, 0.3) is 22.6 Å². The number of hydrogen-bond donors (Lipinski definition) is 2. The van der Waals surface area contributed by atoms with E-state index in [2.05, 4.69) is 10.3 Å². The van der Waals surface area contributed by atoms with Gasteiger partial charge in [-0.3, -0.25) is 4.79 Å². The summed E-state index contributed by atoms with van der Waals surface area (Å²) in [6.45, 7) is 0. The van der Waals surface area contributed by atoms with Gasteiger partial charge in [-0.25, -0.2) is 18.5 Å². The van der Waals surface area contributed by atoms with Crippen LogP contribution in [0.15, 0.2) is 99.5 Å². The average Bonchev–Trinajstić information content (AvgIpc) is 3.23. The lowest BCUT2D eigenvalue weighted by molar-refractivity contribution is -0.113. The van der Waals surface area contributed by atoms with E-state index in [9.17, 15) is 13.2 Å². The number of nitrogens with zero attached hydrogens (tertiary/aromatic N) is 1. The van der Waals surface area contributed by atoms with E-state index in [1.807, 2.05) is 60.7 Å². The van der Waals surface area contributed by atoms with Crippen molar-refractivity contribution in [2.24, 2.45) is 5.14 Å². The summed E-state index contributed by atoms with van der Waals surface area (Å²) >= 11 is 1.17. The average molecular weight is 466 g/mol. The summed E-state index contributed by atoms with van der Waals surface area (Å²) in [5.74, 6) is 0.428. The second-order valence-corrected chi connectivity index (χ2v) is 9.28. The minimum Gasteiger partial charge on any atom is -0.431 e. The van der Waals surface area contributed by atoms with Crippen LogP contribution in [0.1, 0.15) is 0 Å². The molecule has 9 heteroatoms. The highest BCUT2D eigenvalue weighted by Crippen LogP contribution is 2.35. The van der Waals surface area contributed by atoms with Crippen LogP contribution in [0, 0.1) is 0 Å². The quantitative estimate of drug-likeness (QED) is 0.391. The van der Waals surface area contributed by atoms with Crippen molar-refractivity contribution < 1.29 is 17.6 Å². The van der Waals surface area contributed by atoms with Crippen LogP contribution in [0.4, 0.5) is 5.69 Å². The number of carbonyl (C=O) groups is 1. The van der Waals surface area contributed by atoms with Gasteiger partial charge in [0, 0.05) is 16.8 Å². The van der Waals surface area contributed by atoms with E-state index < -0.39 is 10.0 Å². The van der Waals surface area contributed by atoms with Crippen molar-refractivity contribution >= 4 is 33.4 Å². The number of anilines is 1. The Bertz CT molecular complexity index is 1260. The van der Waals surface area contributed by atoms with Gasteiger partial charge in [0.05, 0.1) is 10.6 Å². The van der Waals surface area contributed by atoms with E-state index in [0.717, 1.165) is 11.1 Å². The molecule has 4 aromatic rings. The van der Waals surface area contributed by atoms with E-state index >= 15 is 0 Å². The number of amides is 1. The van der Waals surface area contributed by atoms with Crippen molar-refractivity contribution in [2.45, 2.75) is 10.1 Å². The highest BCUT2D eigenvalue weighted by atomic mass is 32.2. The van der Waals surface area contributed by atoms with Gasteiger partial charge in [0.25, 0.3) is 5.22 Å². The molecule has 0 spiro atoms. The van der Waals surface area contributed by atoms with Crippen LogP contribution in [0.2, 0.25) is 0 Å². The number of thioether (sulfide) groups is 1. The number of sulfonamides is 1. The van der Waals surface area contributed by atoms with E-state index in [1.165, 1.54) is 36.0 Å². The Morgan fingerprint density at radius 2 is 1.50 bits per heavy atom. The summed E-state index contributed by atoms with van der Waals surface area (Å²) in [6, 6.07) is 25.0. The van der Waals surface area contributed by atoms with Gasteiger partial charge in [0.15, 0.2) is 5.76 Å². The fraction of sp³-hybridized carbons (Fsp3) is 0.0435. The summed E-state index contributed by atoms with van der Waals surface area (Å²) in [4.78, 5) is 16.9. The van der Waals surface area contributed by atoms with E-state index in [4.69, 9.17) is 9.56 Å². The third-order valence-corrected chi connectivity index (χ3v) is 6.24. The molecule has 0 bridgehead atoms. The molecular weight excluding hydrogens is 446 g/mol. The molecule has 1 aromatic heterocycles. The first kappa shape index (κ1) is 21.8. The normalized spacial score (nSPS) is 11.3. The Hall–Kier alpha value is -3.40. The number of primary sulfonamides is 1. The molecule has 32 heavy (non-hydrogen) atoms. The molecule has 0 aliphatic rings. The van der Waals surface area contributed by atoms with E-state index in [-0.39, 0.29) is 16.6 Å². The highest BCUT2D eigenvalue weighted by molar-refractivity contribution is 7.99. The zero-order valence-corrected chi connectivity index (χ0v) is 18.4. The minimum absolute atomic E-state index is 0.0217. The molecule has 0 atom stereocenters. The minimum atomic E-state index is -3.78. The summed E-state index contributed by atoms with van der Waals surface area (Å²) in [6.07, 6.45) is 0. The summed E-state index contributed by atoms with van der Waals surface area (Å²) in [5.41, 5.74) is 2.98. The molecule has 0 fully saturated rings. The zero-order chi connectivity index (χ0) is 22.6. The Kier molecular flexibility index (Phi) is 6.40. The van der Waals surface area contributed by atoms with Gasteiger partial charge >= 0.3 is 0 Å². The van der Waals surface area contributed by atoms with Crippen LogP contribution in [-0.2, 0) is 14.8 Å². The van der Waals surface area contributed by atoms with Crippen LogP contribution in [-0.4, -0.2) is 25.1 Å².